The lowest BCUT2D eigenvalue weighted by atomic mass is 10.3. The molecule has 108 valence electrons. The SMILES string of the molecule is COCCN(CCO)S(=O)(=O)c1ccc(OC)cc1. The highest BCUT2D eigenvalue weighted by Gasteiger charge is 2.23. The number of methoxy groups -OCH3 is 2. The maximum Gasteiger partial charge on any atom is 0.243 e. The molecule has 7 heteroatoms. The zero-order chi connectivity index (χ0) is 14.3. The van der Waals surface area contributed by atoms with Crippen LogP contribution in [0, 0.1) is 0 Å². The van der Waals surface area contributed by atoms with Crippen molar-refractivity contribution in [1.82, 2.24) is 4.31 Å². The van der Waals surface area contributed by atoms with E-state index >= 15 is 0 Å². The van der Waals surface area contributed by atoms with Gasteiger partial charge in [0, 0.05) is 20.2 Å². The van der Waals surface area contributed by atoms with Gasteiger partial charge in [0.15, 0.2) is 0 Å². The fourth-order valence-electron chi connectivity index (χ4n) is 1.55. The molecule has 0 aliphatic carbocycles. The Labute approximate surface area is 113 Å². The molecule has 0 spiro atoms. The maximum atomic E-state index is 12.3. The minimum absolute atomic E-state index is 0.0394. The summed E-state index contributed by atoms with van der Waals surface area (Å²) in [5, 5.41) is 8.96. The molecule has 1 aromatic carbocycles. The van der Waals surface area contributed by atoms with Gasteiger partial charge >= 0.3 is 0 Å². The van der Waals surface area contributed by atoms with Crippen LogP contribution in [0.2, 0.25) is 0 Å². The molecule has 19 heavy (non-hydrogen) atoms. The van der Waals surface area contributed by atoms with Crippen molar-refractivity contribution in [1.29, 1.82) is 0 Å². The number of aliphatic hydroxyl groups excluding tert-OH is 1. The second-order valence-corrected chi connectivity index (χ2v) is 5.73. The van der Waals surface area contributed by atoms with Gasteiger partial charge in [-0.2, -0.15) is 4.31 Å². The van der Waals surface area contributed by atoms with Gasteiger partial charge in [0.25, 0.3) is 0 Å². The highest BCUT2D eigenvalue weighted by molar-refractivity contribution is 7.89. The van der Waals surface area contributed by atoms with Crippen molar-refractivity contribution in [2.45, 2.75) is 4.90 Å². The predicted octanol–water partition coefficient (Wildman–Crippen LogP) is 0.325. The van der Waals surface area contributed by atoms with Crippen LogP contribution in [0.4, 0.5) is 0 Å². The van der Waals surface area contributed by atoms with Crippen molar-refractivity contribution >= 4 is 10.0 Å². The van der Waals surface area contributed by atoms with Crippen molar-refractivity contribution < 1.29 is 23.0 Å². The summed E-state index contributed by atoms with van der Waals surface area (Å²) in [5.41, 5.74) is 0. The Hall–Kier alpha value is -1.15. The maximum absolute atomic E-state index is 12.3. The summed E-state index contributed by atoms with van der Waals surface area (Å²) >= 11 is 0. The van der Waals surface area contributed by atoms with Crippen molar-refractivity contribution in [2.24, 2.45) is 0 Å². The van der Waals surface area contributed by atoms with Gasteiger partial charge < -0.3 is 14.6 Å². The second kappa shape index (κ2) is 7.44. The number of benzene rings is 1. The molecule has 0 aliphatic rings. The lowest BCUT2D eigenvalue weighted by molar-refractivity contribution is 0.168. The smallest absolute Gasteiger partial charge is 0.243 e. The molecule has 1 N–H and O–H groups in total. The van der Waals surface area contributed by atoms with E-state index in [2.05, 4.69) is 0 Å². The number of aliphatic hydroxyl groups is 1. The molecule has 0 saturated carbocycles. The van der Waals surface area contributed by atoms with Crippen LogP contribution in [0.15, 0.2) is 29.2 Å². The molecule has 0 saturated heterocycles. The van der Waals surface area contributed by atoms with Gasteiger partial charge in [0.05, 0.1) is 25.2 Å². The molecule has 0 bridgehead atoms. The van der Waals surface area contributed by atoms with Gasteiger partial charge in [-0.3, -0.25) is 0 Å². The molecule has 0 radical (unpaired) electrons. The van der Waals surface area contributed by atoms with Crippen LogP contribution < -0.4 is 4.74 Å². The summed E-state index contributed by atoms with van der Waals surface area (Å²) in [4.78, 5) is 0.165. The topological polar surface area (TPSA) is 76.1 Å². The first-order chi connectivity index (χ1) is 9.06. The summed E-state index contributed by atoms with van der Waals surface area (Å²) in [6.07, 6.45) is 0. The number of ether oxygens (including phenoxy) is 2. The standard InChI is InChI=1S/C12H19NO5S/c1-17-10-8-13(7-9-14)19(15,16)12-5-3-11(18-2)4-6-12/h3-6,14H,7-10H2,1-2H3. The molecule has 0 aromatic heterocycles. The van der Waals surface area contributed by atoms with Crippen LogP contribution in [-0.4, -0.2) is 58.4 Å². The molecule has 0 fully saturated rings. The number of hydrogen-bond acceptors (Lipinski definition) is 5. The van der Waals surface area contributed by atoms with E-state index in [-0.39, 0.29) is 31.2 Å². The van der Waals surface area contributed by atoms with E-state index in [0.717, 1.165) is 0 Å². The van der Waals surface area contributed by atoms with Gasteiger partial charge in [-0.25, -0.2) is 8.42 Å². The van der Waals surface area contributed by atoms with E-state index in [1.165, 1.54) is 30.7 Å². The third-order valence-corrected chi connectivity index (χ3v) is 4.50. The average molecular weight is 289 g/mol. The molecule has 0 aliphatic heterocycles. The lowest BCUT2D eigenvalue weighted by Crippen LogP contribution is -2.36. The van der Waals surface area contributed by atoms with Crippen LogP contribution in [0.1, 0.15) is 0 Å². The normalized spacial score (nSPS) is 11.8. The van der Waals surface area contributed by atoms with E-state index in [0.29, 0.717) is 5.75 Å². The van der Waals surface area contributed by atoms with Gasteiger partial charge in [0.2, 0.25) is 10.0 Å². The Morgan fingerprint density at radius 2 is 1.79 bits per heavy atom. The third kappa shape index (κ3) is 4.17. The number of nitrogens with zero attached hydrogens (tertiary/aromatic N) is 1. The zero-order valence-corrected chi connectivity index (χ0v) is 11.9. The first-order valence-electron chi connectivity index (χ1n) is 5.80. The molecule has 0 unspecified atom stereocenters. The lowest BCUT2D eigenvalue weighted by Gasteiger charge is -2.21. The first-order valence-corrected chi connectivity index (χ1v) is 7.24. The molecular weight excluding hydrogens is 270 g/mol. The van der Waals surface area contributed by atoms with Gasteiger partial charge in [-0.15, -0.1) is 0 Å². The Kier molecular flexibility index (Phi) is 6.23. The molecule has 0 amide bonds. The van der Waals surface area contributed by atoms with Gasteiger partial charge in [-0.05, 0) is 24.3 Å². The second-order valence-electron chi connectivity index (χ2n) is 3.80. The molecule has 6 nitrogen and oxygen atoms in total. The van der Waals surface area contributed by atoms with E-state index in [1.54, 1.807) is 12.1 Å². The van der Waals surface area contributed by atoms with Crippen LogP contribution in [-0.2, 0) is 14.8 Å². The summed E-state index contributed by atoms with van der Waals surface area (Å²) in [6.45, 7) is 0.275. The average Bonchev–Trinajstić information content (AvgIpc) is 2.43. The van der Waals surface area contributed by atoms with E-state index < -0.39 is 10.0 Å². The van der Waals surface area contributed by atoms with Crippen molar-refractivity contribution in [3.05, 3.63) is 24.3 Å². The Morgan fingerprint density at radius 1 is 1.16 bits per heavy atom. The van der Waals surface area contributed by atoms with Crippen molar-refractivity contribution in [3.63, 3.8) is 0 Å². The van der Waals surface area contributed by atoms with E-state index in [1.807, 2.05) is 0 Å². The summed E-state index contributed by atoms with van der Waals surface area (Å²) < 4.78 is 35.7. The molecule has 0 atom stereocenters. The monoisotopic (exact) mass is 289 g/mol. The van der Waals surface area contributed by atoms with Crippen LogP contribution in [0.3, 0.4) is 0 Å². The molecule has 0 heterocycles. The minimum Gasteiger partial charge on any atom is -0.497 e. The molecule has 1 rings (SSSR count). The molecule has 1 aromatic rings. The van der Waals surface area contributed by atoms with Gasteiger partial charge in [0.1, 0.15) is 5.75 Å². The van der Waals surface area contributed by atoms with E-state index in [4.69, 9.17) is 14.6 Å². The fraction of sp³-hybridized carbons (Fsp3) is 0.500. The predicted molar refractivity (Wildman–Crippen MR) is 70.7 cm³/mol. The Morgan fingerprint density at radius 3 is 2.26 bits per heavy atom. The van der Waals surface area contributed by atoms with Crippen LogP contribution >= 0.6 is 0 Å². The Balaban J connectivity index is 2.96. The Bertz CT molecular complexity index is 471. The van der Waals surface area contributed by atoms with Crippen LogP contribution in [0.5, 0.6) is 5.75 Å². The first kappa shape index (κ1) is 15.9. The summed E-state index contributed by atoms with van der Waals surface area (Å²) in [6, 6.07) is 6.12. The number of sulfonamides is 1. The quantitative estimate of drug-likeness (QED) is 0.746. The minimum atomic E-state index is -3.62. The highest BCUT2D eigenvalue weighted by atomic mass is 32.2. The van der Waals surface area contributed by atoms with Crippen LogP contribution in [0.25, 0.3) is 0 Å². The summed E-state index contributed by atoms with van der Waals surface area (Å²) in [5.74, 6) is 0.588. The third-order valence-electron chi connectivity index (χ3n) is 2.59. The largest absolute Gasteiger partial charge is 0.497 e. The van der Waals surface area contributed by atoms with E-state index in [9.17, 15) is 8.42 Å². The summed E-state index contributed by atoms with van der Waals surface area (Å²) in [7, 11) is -0.611. The highest BCUT2D eigenvalue weighted by Crippen LogP contribution is 2.19. The molecular formula is C12H19NO5S. The zero-order valence-electron chi connectivity index (χ0n) is 11.1. The number of rotatable bonds is 8. The van der Waals surface area contributed by atoms with Gasteiger partial charge in [-0.1, -0.05) is 0 Å². The number of hydrogen-bond donors (Lipinski definition) is 1. The van der Waals surface area contributed by atoms with Crippen molar-refractivity contribution in [3.8, 4) is 5.75 Å². The fourth-order valence-corrected chi connectivity index (χ4v) is 2.97. The van der Waals surface area contributed by atoms with Crippen molar-refractivity contribution in [2.75, 3.05) is 40.5 Å².